The highest BCUT2D eigenvalue weighted by Gasteiger charge is 2.29. The van der Waals surface area contributed by atoms with E-state index in [-0.39, 0.29) is 30.8 Å². The quantitative estimate of drug-likeness (QED) is 0.569. The minimum absolute atomic E-state index is 0.0242. The van der Waals surface area contributed by atoms with Crippen LogP contribution in [0.5, 0.6) is 0 Å². The van der Waals surface area contributed by atoms with E-state index in [0.717, 1.165) is 11.1 Å². The molecule has 0 saturated heterocycles. The lowest BCUT2D eigenvalue weighted by Crippen LogP contribution is -2.50. The Bertz CT molecular complexity index is 854. The lowest BCUT2D eigenvalue weighted by Gasteiger charge is -2.31. The van der Waals surface area contributed by atoms with Crippen LogP contribution < -0.4 is 5.32 Å². The van der Waals surface area contributed by atoms with Gasteiger partial charge in [0, 0.05) is 27.7 Å². The lowest BCUT2D eigenvalue weighted by atomic mass is 10.1. The van der Waals surface area contributed by atoms with Crippen LogP contribution in [-0.2, 0) is 22.6 Å². The highest BCUT2D eigenvalue weighted by molar-refractivity contribution is 6.35. The summed E-state index contributed by atoms with van der Waals surface area (Å²) in [4.78, 5) is 27.6. The van der Waals surface area contributed by atoms with Crippen LogP contribution in [-0.4, -0.2) is 28.8 Å². The molecule has 0 spiro atoms. The fourth-order valence-electron chi connectivity index (χ4n) is 3.01. The minimum atomic E-state index is -0.607. The second-order valence-electron chi connectivity index (χ2n) is 7.15. The predicted octanol–water partition coefficient (Wildman–Crippen LogP) is 5.52. The Balaban J connectivity index is 2.33. The molecule has 0 aliphatic rings. The number of halogens is 3. The summed E-state index contributed by atoms with van der Waals surface area (Å²) < 4.78 is 0. The molecular weight excluding hydrogens is 431 g/mol. The molecule has 0 radical (unpaired) electrons. The molecule has 2 aromatic rings. The van der Waals surface area contributed by atoms with Gasteiger partial charge < -0.3 is 10.2 Å². The minimum Gasteiger partial charge on any atom is -0.352 e. The molecule has 0 heterocycles. The van der Waals surface area contributed by atoms with Gasteiger partial charge in [-0.3, -0.25) is 9.59 Å². The number of hydrogen-bond donors (Lipinski definition) is 1. The Kier molecular flexibility index (Phi) is 8.81. The molecule has 2 amide bonds. The zero-order chi connectivity index (χ0) is 21.6. The third-order valence-corrected chi connectivity index (χ3v) is 5.28. The SMILES string of the molecule is CCC(C(=O)NC(C)C)N(Cc1ccc(Cl)cc1Cl)C(=O)Cc1ccc(Cl)cc1. The number of rotatable bonds is 8. The molecule has 0 aliphatic heterocycles. The zero-order valence-corrected chi connectivity index (χ0v) is 19.0. The van der Waals surface area contributed by atoms with Crippen LogP contribution in [0.4, 0.5) is 0 Å². The third kappa shape index (κ3) is 6.91. The molecule has 1 N–H and O–H groups in total. The molecule has 1 atom stereocenters. The van der Waals surface area contributed by atoms with Crippen LogP contribution in [0.3, 0.4) is 0 Å². The maximum absolute atomic E-state index is 13.2. The summed E-state index contributed by atoms with van der Waals surface area (Å²) in [6.45, 7) is 5.88. The van der Waals surface area contributed by atoms with Crippen molar-refractivity contribution >= 4 is 46.6 Å². The molecule has 4 nitrogen and oxygen atoms in total. The van der Waals surface area contributed by atoms with Crippen LogP contribution in [0.25, 0.3) is 0 Å². The van der Waals surface area contributed by atoms with Gasteiger partial charge in [0.2, 0.25) is 11.8 Å². The smallest absolute Gasteiger partial charge is 0.243 e. The second kappa shape index (κ2) is 10.9. The average Bonchev–Trinajstić information content (AvgIpc) is 2.64. The van der Waals surface area contributed by atoms with E-state index >= 15 is 0 Å². The van der Waals surface area contributed by atoms with Gasteiger partial charge in [0.15, 0.2) is 0 Å². The summed E-state index contributed by atoms with van der Waals surface area (Å²) in [7, 11) is 0. The van der Waals surface area contributed by atoms with Crippen molar-refractivity contribution in [2.24, 2.45) is 0 Å². The van der Waals surface area contributed by atoms with E-state index in [2.05, 4.69) is 5.32 Å². The van der Waals surface area contributed by atoms with E-state index in [9.17, 15) is 9.59 Å². The van der Waals surface area contributed by atoms with Gasteiger partial charge in [-0.25, -0.2) is 0 Å². The van der Waals surface area contributed by atoms with Crippen molar-refractivity contribution in [3.05, 3.63) is 68.7 Å². The van der Waals surface area contributed by atoms with Gasteiger partial charge in [-0.1, -0.05) is 59.9 Å². The van der Waals surface area contributed by atoms with Crippen LogP contribution in [0.1, 0.15) is 38.3 Å². The van der Waals surface area contributed by atoms with Crippen molar-refractivity contribution < 1.29 is 9.59 Å². The Morgan fingerprint density at radius 3 is 2.17 bits per heavy atom. The highest BCUT2D eigenvalue weighted by Crippen LogP contribution is 2.24. The number of amides is 2. The largest absolute Gasteiger partial charge is 0.352 e. The van der Waals surface area contributed by atoms with E-state index in [1.54, 1.807) is 35.2 Å². The number of carbonyl (C=O) groups is 2. The topological polar surface area (TPSA) is 49.4 Å². The van der Waals surface area contributed by atoms with Gasteiger partial charge in [0.1, 0.15) is 6.04 Å². The molecule has 0 aliphatic carbocycles. The molecule has 2 rings (SSSR count). The van der Waals surface area contributed by atoms with Gasteiger partial charge in [0.05, 0.1) is 6.42 Å². The number of nitrogens with zero attached hydrogens (tertiary/aromatic N) is 1. The van der Waals surface area contributed by atoms with Crippen molar-refractivity contribution in [2.45, 2.75) is 52.2 Å². The first-order chi connectivity index (χ1) is 13.7. The molecule has 29 heavy (non-hydrogen) atoms. The average molecular weight is 456 g/mol. The van der Waals surface area contributed by atoms with E-state index in [1.165, 1.54) is 0 Å². The Morgan fingerprint density at radius 1 is 1.00 bits per heavy atom. The molecule has 1 unspecified atom stereocenters. The van der Waals surface area contributed by atoms with Crippen LogP contribution in [0.15, 0.2) is 42.5 Å². The summed E-state index contributed by atoms with van der Waals surface area (Å²) in [5.74, 6) is -0.346. The molecule has 156 valence electrons. The fourth-order valence-corrected chi connectivity index (χ4v) is 3.61. The maximum atomic E-state index is 13.2. The molecule has 2 aromatic carbocycles. The van der Waals surface area contributed by atoms with Gasteiger partial charge in [0.25, 0.3) is 0 Å². The van der Waals surface area contributed by atoms with Crippen LogP contribution >= 0.6 is 34.8 Å². The van der Waals surface area contributed by atoms with E-state index in [1.807, 2.05) is 32.9 Å². The van der Waals surface area contributed by atoms with Gasteiger partial charge in [-0.15, -0.1) is 0 Å². The first kappa shape index (κ1) is 23.5. The summed E-state index contributed by atoms with van der Waals surface area (Å²) in [6, 6.07) is 11.6. The maximum Gasteiger partial charge on any atom is 0.243 e. The summed E-state index contributed by atoms with van der Waals surface area (Å²) in [5, 5.41) is 4.49. The third-order valence-electron chi connectivity index (χ3n) is 4.44. The Morgan fingerprint density at radius 2 is 1.62 bits per heavy atom. The molecule has 0 fully saturated rings. The molecule has 0 saturated carbocycles. The van der Waals surface area contributed by atoms with Crippen molar-refractivity contribution in [1.29, 1.82) is 0 Å². The molecular formula is C22H25Cl3N2O2. The van der Waals surface area contributed by atoms with E-state index < -0.39 is 6.04 Å². The van der Waals surface area contributed by atoms with Crippen molar-refractivity contribution in [1.82, 2.24) is 10.2 Å². The lowest BCUT2D eigenvalue weighted by molar-refractivity contribution is -0.141. The molecule has 7 heteroatoms. The summed E-state index contributed by atoms with van der Waals surface area (Å²) in [6.07, 6.45) is 0.643. The second-order valence-corrected chi connectivity index (χ2v) is 8.43. The Labute approximate surface area is 187 Å². The van der Waals surface area contributed by atoms with Crippen molar-refractivity contribution in [2.75, 3.05) is 0 Å². The summed E-state index contributed by atoms with van der Waals surface area (Å²) >= 11 is 18.3. The van der Waals surface area contributed by atoms with Crippen molar-refractivity contribution in [3.63, 3.8) is 0 Å². The van der Waals surface area contributed by atoms with Crippen LogP contribution in [0, 0.1) is 0 Å². The summed E-state index contributed by atoms with van der Waals surface area (Å²) in [5.41, 5.74) is 1.56. The standard InChI is InChI=1S/C22H25Cl3N2O2/c1-4-20(22(29)26-14(2)3)27(13-16-7-10-18(24)12-19(16)25)21(28)11-15-5-8-17(23)9-6-15/h5-10,12,14,20H,4,11,13H2,1-3H3,(H,26,29). The predicted molar refractivity (Wildman–Crippen MR) is 120 cm³/mol. The number of hydrogen-bond acceptors (Lipinski definition) is 2. The normalized spacial score (nSPS) is 12.0. The fraction of sp³-hybridized carbons (Fsp3) is 0.364. The van der Waals surface area contributed by atoms with Gasteiger partial charge in [-0.05, 0) is 55.7 Å². The van der Waals surface area contributed by atoms with E-state index in [0.29, 0.717) is 21.5 Å². The number of benzene rings is 2. The number of carbonyl (C=O) groups excluding carboxylic acids is 2. The van der Waals surface area contributed by atoms with Gasteiger partial charge in [-0.2, -0.15) is 0 Å². The van der Waals surface area contributed by atoms with Crippen LogP contribution in [0.2, 0.25) is 15.1 Å². The first-order valence-corrected chi connectivity index (χ1v) is 10.6. The van der Waals surface area contributed by atoms with Gasteiger partial charge >= 0.3 is 0 Å². The number of nitrogens with one attached hydrogen (secondary N) is 1. The molecule has 0 bridgehead atoms. The van der Waals surface area contributed by atoms with Crippen molar-refractivity contribution in [3.8, 4) is 0 Å². The first-order valence-electron chi connectivity index (χ1n) is 9.49. The highest BCUT2D eigenvalue weighted by atomic mass is 35.5. The van der Waals surface area contributed by atoms with E-state index in [4.69, 9.17) is 34.8 Å². The molecule has 0 aromatic heterocycles. The monoisotopic (exact) mass is 454 g/mol. The zero-order valence-electron chi connectivity index (χ0n) is 16.7. The Hall–Kier alpha value is -1.75.